The normalized spacial score (nSPS) is 26.0. The Morgan fingerprint density at radius 3 is 2.52 bits per heavy atom. The van der Waals surface area contributed by atoms with E-state index in [1.807, 2.05) is 39.0 Å². The molecule has 0 saturated heterocycles. The molecule has 0 unspecified atom stereocenters. The SMILES string of the molecule is CC[C@H]1C/C=C\C[C@H](C)Oc2ccccc2C(=O)N(C)[C@H](C(C)C)C(=O)N1. The van der Waals surface area contributed by atoms with Gasteiger partial charge in [-0.05, 0) is 37.8 Å². The molecule has 0 aromatic heterocycles. The van der Waals surface area contributed by atoms with Crippen molar-refractivity contribution >= 4 is 11.8 Å². The van der Waals surface area contributed by atoms with Gasteiger partial charge in [-0.15, -0.1) is 0 Å². The lowest BCUT2D eigenvalue weighted by Crippen LogP contribution is -2.52. The number of nitrogens with zero attached hydrogens (tertiary/aromatic N) is 1. The minimum absolute atomic E-state index is 0.00749. The van der Waals surface area contributed by atoms with Crippen LogP contribution in [0, 0.1) is 5.92 Å². The largest absolute Gasteiger partial charge is 0.490 e. The van der Waals surface area contributed by atoms with Crippen LogP contribution in [0.1, 0.15) is 57.3 Å². The first-order valence-electron chi connectivity index (χ1n) is 9.83. The van der Waals surface area contributed by atoms with Crippen LogP contribution in [-0.4, -0.2) is 41.9 Å². The molecule has 2 rings (SSSR count). The molecule has 0 radical (unpaired) electrons. The molecule has 5 nitrogen and oxygen atoms in total. The van der Waals surface area contributed by atoms with Gasteiger partial charge in [0.05, 0.1) is 11.7 Å². The fourth-order valence-corrected chi connectivity index (χ4v) is 3.42. The number of para-hydroxylation sites is 1. The summed E-state index contributed by atoms with van der Waals surface area (Å²) in [6.45, 7) is 7.98. The molecule has 2 amide bonds. The van der Waals surface area contributed by atoms with Crippen molar-refractivity contribution < 1.29 is 14.3 Å². The van der Waals surface area contributed by atoms with Gasteiger partial charge in [0.15, 0.2) is 0 Å². The monoisotopic (exact) mass is 372 g/mol. The van der Waals surface area contributed by atoms with Crippen LogP contribution in [0.4, 0.5) is 0 Å². The van der Waals surface area contributed by atoms with Crippen molar-refractivity contribution in [3.8, 4) is 5.75 Å². The maximum Gasteiger partial charge on any atom is 0.258 e. The molecule has 1 heterocycles. The summed E-state index contributed by atoms with van der Waals surface area (Å²) in [4.78, 5) is 27.7. The summed E-state index contributed by atoms with van der Waals surface area (Å²) < 4.78 is 6.04. The molecule has 1 aromatic carbocycles. The van der Waals surface area contributed by atoms with Crippen molar-refractivity contribution in [2.45, 2.75) is 65.1 Å². The molecule has 1 aromatic rings. The number of hydrogen-bond acceptors (Lipinski definition) is 3. The van der Waals surface area contributed by atoms with Crippen molar-refractivity contribution in [2.24, 2.45) is 5.92 Å². The van der Waals surface area contributed by atoms with E-state index in [2.05, 4.69) is 24.4 Å². The van der Waals surface area contributed by atoms with Crippen LogP contribution < -0.4 is 10.1 Å². The van der Waals surface area contributed by atoms with Crippen molar-refractivity contribution in [1.29, 1.82) is 0 Å². The highest BCUT2D eigenvalue weighted by molar-refractivity contribution is 5.99. The fourth-order valence-electron chi connectivity index (χ4n) is 3.42. The van der Waals surface area contributed by atoms with E-state index in [0.717, 1.165) is 19.3 Å². The second-order valence-electron chi connectivity index (χ2n) is 7.59. The van der Waals surface area contributed by atoms with Crippen molar-refractivity contribution in [3.05, 3.63) is 42.0 Å². The van der Waals surface area contributed by atoms with Crippen LogP contribution in [-0.2, 0) is 4.79 Å². The number of benzene rings is 1. The summed E-state index contributed by atoms with van der Waals surface area (Å²) in [5.41, 5.74) is 0.485. The molecule has 1 aliphatic rings. The number of rotatable bonds is 2. The predicted molar refractivity (Wildman–Crippen MR) is 108 cm³/mol. The second kappa shape index (κ2) is 9.58. The van der Waals surface area contributed by atoms with E-state index >= 15 is 0 Å². The van der Waals surface area contributed by atoms with Gasteiger partial charge in [-0.3, -0.25) is 9.59 Å². The molecule has 148 valence electrons. The Balaban J connectivity index is 2.43. The van der Waals surface area contributed by atoms with Crippen LogP contribution in [0.5, 0.6) is 5.75 Å². The van der Waals surface area contributed by atoms with Crippen molar-refractivity contribution in [2.75, 3.05) is 7.05 Å². The third-order valence-corrected chi connectivity index (χ3v) is 4.98. The Kier molecular flexibility index (Phi) is 7.45. The van der Waals surface area contributed by atoms with E-state index < -0.39 is 6.04 Å². The maximum atomic E-state index is 13.2. The minimum atomic E-state index is -0.538. The smallest absolute Gasteiger partial charge is 0.258 e. The quantitative estimate of drug-likeness (QED) is 0.804. The van der Waals surface area contributed by atoms with Gasteiger partial charge in [0.2, 0.25) is 5.91 Å². The van der Waals surface area contributed by atoms with Crippen LogP contribution in [0.25, 0.3) is 0 Å². The van der Waals surface area contributed by atoms with E-state index in [1.54, 1.807) is 18.0 Å². The molecule has 3 atom stereocenters. The number of amides is 2. The Labute approximate surface area is 162 Å². The molecule has 1 N–H and O–H groups in total. The summed E-state index contributed by atoms with van der Waals surface area (Å²) in [6.07, 6.45) is 6.50. The van der Waals surface area contributed by atoms with E-state index in [4.69, 9.17) is 4.74 Å². The standard InChI is InChI=1S/C22H32N2O3/c1-6-17-12-8-7-11-16(4)27-19-14-10-9-13-18(19)22(26)24(5)20(15(2)3)21(25)23-17/h7-10,13-17,20H,6,11-12H2,1-5H3,(H,23,25)/b8-7-/t16-,17-,20+/m0/s1. The third-order valence-electron chi connectivity index (χ3n) is 4.98. The van der Waals surface area contributed by atoms with Gasteiger partial charge in [-0.25, -0.2) is 0 Å². The van der Waals surface area contributed by atoms with Gasteiger partial charge >= 0.3 is 0 Å². The maximum absolute atomic E-state index is 13.2. The van der Waals surface area contributed by atoms with Crippen LogP contribution in [0.3, 0.4) is 0 Å². The van der Waals surface area contributed by atoms with E-state index in [0.29, 0.717) is 11.3 Å². The summed E-state index contributed by atoms with van der Waals surface area (Å²) in [6, 6.07) is 6.77. The number of ether oxygens (including phenoxy) is 1. The zero-order valence-corrected chi connectivity index (χ0v) is 17.1. The predicted octanol–water partition coefficient (Wildman–Crippen LogP) is 3.80. The average Bonchev–Trinajstić information content (AvgIpc) is 2.63. The first-order chi connectivity index (χ1) is 12.8. The molecule has 0 spiro atoms. The summed E-state index contributed by atoms with van der Waals surface area (Å²) in [5.74, 6) is 0.241. The van der Waals surface area contributed by atoms with Gasteiger partial charge in [-0.1, -0.05) is 45.1 Å². The number of likely N-dealkylation sites (N-methyl/N-ethyl adjacent to an activating group) is 1. The number of carbonyl (C=O) groups is 2. The first-order valence-corrected chi connectivity index (χ1v) is 9.83. The molecular formula is C22H32N2O3. The average molecular weight is 373 g/mol. The van der Waals surface area contributed by atoms with Crippen molar-refractivity contribution in [1.82, 2.24) is 10.2 Å². The van der Waals surface area contributed by atoms with Gasteiger partial charge in [-0.2, -0.15) is 0 Å². The Morgan fingerprint density at radius 2 is 1.85 bits per heavy atom. The lowest BCUT2D eigenvalue weighted by molar-refractivity contribution is -0.127. The third kappa shape index (κ3) is 5.34. The number of carbonyl (C=O) groups excluding carboxylic acids is 2. The molecular weight excluding hydrogens is 340 g/mol. The Morgan fingerprint density at radius 1 is 1.19 bits per heavy atom. The molecule has 0 fully saturated rings. The molecule has 0 saturated carbocycles. The fraction of sp³-hybridized carbons (Fsp3) is 0.545. The Hall–Kier alpha value is -2.30. The van der Waals surface area contributed by atoms with E-state index in [-0.39, 0.29) is 29.9 Å². The number of nitrogens with one attached hydrogen (secondary N) is 1. The molecule has 0 bridgehead atoms. The van der Waals surface area contributed by atoms with Crippen LogP contribution in [0.2, 0.25) is 0 Å². The van der Waals surface area contributed by atoms with Gasteiger partial charge in [0, 0.05) is 19.5 Å². The van der Waals surface area contributed by atoms with Gasteiger partial charge in [0.1, 0.15) is 11.8 Å². The van der Waals surface area contributed by atoms with E-state index in [1.165, 1.54) is 0 Å². The zero-order valence-electron chi connectivity index (χ0n) is 17.1. The Bertz CT molecular complexity index is 684. The molecule has 1 aliphatic heterocycles. The number of hydrogen-bond donors (Lipinski definition) is 1. The van der Waals surface area contributed by atoms with E-state index in [9.17, 15) is 9.59 Å². The molecule has 27 heavy (non-hydrogen) atoms. The zero-order chi connectivity index (χ0) is 20.0. The van der Waals surface area contributed by atoms with Crippen molar-refractivity contribution in [3.63, 3.8) is 0 Å². The highest BCUT2D eigenvalue weighted by atomic mass is 16.5. The van der Waals surface area contributed by atoms with Crippen LogP contribution in [0.15, 0.2) is 36.4 Å². The van der Waals surface area contributed by atoms with Crippen LogP contribution >= 0.6 is 0 Å². The summed E-state index contributed by atoms with van der Waals surface area (Å²) in [7, 11) is 1.69. The second-order valence-corrected chi connectivity index (χ2v) is 7.59. The highest BCUT2D eigenvalue weighted by Crippen LogP contribution is 2.24. The molecule has 0 aliphatic carbocycles. The van der Waals surface area contributed by atoms with Gasteiger partial charge < -0.3 is 15.0 Å². The lowest BCUT2D eigenvalue weighted by Gasteiger charge is -2.32. The summed E-state index contributed by atoms with van der Waals surface area (Å²) in [5, 5.41) is 3.12. The highest BCUT2D eigenvalue weighted by Gasteiger charge is 2.32. The minimum Gasteiger partial charge on any atom is -0.490 e. The first kappa shape index (κ1) is 21.0. The topological polar surface area (TPSA) is 58.6 Å². The van der Waals surface area contributed by atoms with Gasteiger partial charge in [0.25, 0.3) is 5.91 Å². The number of fused-ring (bicyclic) bond motifs is 1. The summed E-state index contributed by atoms with van der Waals surface area (Å²) >= 11 is 0. The lowest BCUT2D eigenvalue weighted by atomic mass is 9.99. The molecule has 5 heteroatoms.